The molecule has 6 heteroatoms. The van der Waals surface area contributed by atoms with Crippen molar-refractivity contribution in [2.75, 3.05) is 0 Å². The standard InChI is InChI=1S/C7H2BrF2IO2/c8-3-1-5-6(2-4(3)11)13-7(9,10)12-5/h1-2H. The van der Waals surface area contributed by atoms with E-state index in [1.54, 1.807) is 0 Å². The molecule has 70 valence electrons. The molecule has 1 heterocycles. The quantitative estimate of drug-likeness (QED) is 0.659. The third-order valence-electron chi connectivity index (χ3n) is 1.44. The van der Waals surface area contributed by atoms with E-state index in [-0.39, 0.29) is 11.5 Å². The zero-order chi connectivity index (χ0) is 9.64. The summed E-state index contributed by atoms with van der Waals surface area (Å²) >= 11 is 5.20. The summed E-state index contributed by atoms with van der Waals surface area (Å²) in [5.41, 5.74) is 0. The third kappa shape index (κ3) is 1.74. The van der Waals surface area contributed by atoms with Crippen molar-refractivity contribution < 1.29 is 18.3 Å². The Balaban J connectivity index is 2.48. The van der Waals surface area contributed by atoms with E-state index in [0.29, 0.717) is 4.47 Å². The first-order valence-corrected chi connectivity index (χ1v) is 5.10. The lowest BCUT2D eigenvalue weighted by Crippen LogP contribution is -2.25. The average Bonchev–Trinajstić information content (AvgIpc) is 2.24. The van der Waals surface area contributed by atoms with Crippen molar-refractivity contribution in [3.05, 3.63) is 20.2 Å². The van der Waals surface area contributed by atoms with E-state index in [4.69, 9.17) is 0 Å². The van der Waals surface area contributed by atoms with Gasteiger partial charge in [-0.2, -0.15) is 0 Å². The second-order valence-electron chi connectivity index (χ2n) is 2.38. The molecule has 13 heavy (non-hydrogen) atoms. The molecule has 0 fully saturated rings. The van der Waals surface area contributed by atoms with Gasteiger partial charge in [-0.05, 0) is 50.7 Å². The maximum Gasteiger partial charge on any atom is 0.586 e. The van der Waals surface area contributed by atoms with Gasteiger partial charge in [-0.1, -0.05) is 0 Å². The molecule has 0 bridgehead atoms. The molecule has 2 nitrogen and oxygen atoms in total. The van der Waals surface area contributed by atoms with Crippen LogP contribution < -0.4 is 9.47 Å². The first-order valence-electron chi connectivity index (χ1n) is 3.23. The highest BCUT2D eigenvalue weighted by Crippen LogP contribution is 2.43. The Kier molecular flexibility index (Phi) is 2.14. The second-order valence-corrected chi connectivity index (χ2v) is 4.40. The molecule has 0 unspecified atom stereocenters. The number of alkyl halides is 2. The molecule has 0 saturated carbocycles. The maximum atomic E-state index is 12.5. The Hall–Kier alpha value is -0.110. The van der Waals surface area contributed by atoms with Crippen LogP contribution in [0.4, 0.5) is 8.78 Å². The molecular formula is C7H2BrF2IO2. The Bertz CT molecular complexity index is 337. The van der Waals surface area contributed by atoms with Gasteiger partial charge >= 0.3 is 6.29 Å². The van der Waals surface area contributed by atoms with Gasteiger partial charge in [-0.25, -0.2) is 0 Å². The van der Waals surface area contributed by atoms with Crippen LogP contribution in [-0.2, 0) is 0 Å². The number of halogens is 4. The van der Waals surface area contributed by atoms with Gasteiger partial charge in [-0.15, -0.1) is 8.78 Å². The highest BCUT2D eigenvalue weighted by atomic mass is 127. The molecule has 0 amide bonds. The molecule has 1 aromatic rings. The van der Waals surface area contributed by atoms with Crippen molar-refractivity contribution in [3.8, 4) is 11.5 Å². The van der Waals surface area contributed by atoms with E-state index in [1.807, 2.05) is 22.6 Å². The highest BCUT2D eigenvalue weighted by molar-refractivity contribution is 14.1. The van der Waals surface area contributed by atoms with Gasteiger partial charge in [0.05, 0.1) is 0 Å². The first kappa shape index (κ1) is 9.45. The van der Waals surface area contributed by atoms with E-state index in [1.165, 1.54) is 12.1 Å². The second kappa shape index (κ2) is 2.94. The van der Waals surface area contributed by atoms with Crippen LogP contribution in [0.3, 0.4) is 0 Å². The smallest absolute Gasteiger partial charge is 0.395 e. The topological polar surface area (TPSA) is 18.5 Å². The molecule has 0 N–H and O–H groups in total. The fourth-order valence-corrected chi connectivity index (χ4v) is 1.71. The van der Waals surface area contributed by atoms with Crippen LogP contribution in [0.2, 0.25) is 0 Å². The van der Waals surface area contributed by atoms with E-state index < -0.39 is 6.29 Å². The minimum atomic E-state index is -3.54. The minimum Gasteiger partial charge on any atom is -0.395 e. The van der Waals surface area contributed by atoms with Gasteiger partial charge < -0.3 is 9.47 Å². The van der Waals surface area contributed by atoms with Gasteiger partial charge in [0, 0.05) is 8.04 Å². The summed E-state index contributed by atoms with van der Waals surface area (Å²) in [6.45, 7) is 0. The van der Waals surface area contributed by atoms with Gasteiger partial charge in [0.2, 0.25) is 0 Å². The zero-order valence-electron chi connectivity index (χ0n) is 5.98. The van der Waals surface area contributed by atoms with Crippen LogP contribution in [0, 0.1) is 3.57 Å². The predicted molar refractivity (Wildman–Crippen MR) is 53.1 cm³/mol. The summed E-state index contributed by atoms with van der Waals surface area (Å²) in [5, 5.41) is 0. The summed E-state index contributed by atoms with van der Waals surface area (Å²) in [7, 11) is 0. The van der Waals surface area contributed by atoms with Crippen LogP contribution >= 0.6 is 38.5 Å². The largest absolute Gasteiger partial charge is 0.586 e. The van der Waals surface area contributed by atoms with Crippen LogP contribution in [-0.4, -0.2) is 6.29 Å². The molecule has 0 spiro atoms. The molecule has 0 aliphatic carbocycles. The van der Waals surface area contributed by atoms with Crippen molar-refractivity contribution in [1.82, 2.24) is 0 Å². The predicted octanol–water partition coefficient (Wildman–Crippen LogP) is 3.38. The highest BCUT2D eigenvalue weighted by Gasteiger charge is 2.43. The fourth-order valence-electron chi connectivity index (χ4n) is 0.947. The normalized spacial score (nSPS) is 17.5. The number of benzene rings is 1. The van der Waals surface area contributed by atoms with Crippen LogP contribution in [0.1, 0.15) is 0 Å². The van der Waals surface area contributed by atoms with Gasteiger partial charge in [-0.3, -0.25) is 0 Å². The van der Waals surface area contributed by atoms with Crippen molar-refractivity contribution in [1.29, 1.82) is 0 Å². The van der Waals surface area contributed by atoms with E-state index in [0.717, 1.165) is 3.57 Å². The molecule has 0 saturated heterocycles. The molecule has 0 aromatic heterocycles. The summed E-state index contributed by atoms with van der Waals surface area (Å²) in [4.78, 5) is 0. The summed E-state index contributed by atoms with van der Waals surface area (Å²) in [5.74, 6) is 0.120. The number of fused-ring (bicyclic) bond motifs is 1. The van der Waals surface area contributed by atoms with Crippen molar-refractivity contribution in [2.45, 2.75) is 6.29 Å². The lowest BCUT2D eigenvalue weighted by Gasteiger charge is -2.04. The number of hydrogen-bond acceptors (Lipinski definition) is 2. The number of rotatable bonds is 0. The average molecular weight is 363 g/mol. The van der Waals surface area contributed by atoms with Gasteiger partial charge in [0.1, 0.15) is 0 Å². The Morgan fingerprint density at radius 1 is 1.23 bits per heavy atom. The van der Waals surface area contributed by atoms with Crippen molar-refractivity contribution in [3.63, 3.8) is 0 Å². The molecule has 2 rings (SSSR count). The maximum absolute atomic E-state index is 12.5. The zero-order valence-corrected chi connectivity index (χ0v) is 9.73. The summed E-state index contributed by atoms with van der Waals surface area (Å²) in [6.07, 6.45) is -3.54. The first-order chi connectivity index (χ1) is 5.98. The fraction of sp³-hybridized carbons (Fsp3) is 0.143. The van der Waals surface area contributed by atoms with E-state index in [9.17, 15) is 8.78 Å². The van der Waals surface area contributed by atoms with Crippen LogP contribution in [0.5, 0.6) is 11.5 Å². The molecule has 1 aromatic carbocycles. The molecular weight excluding hydrogens is 361 g/mol. The SMILES string of the molecule is FC1(F)Oc2cc(Br)c(I)cc2O1. The number of hydrogen-bond donors (Lipinski definition) is 0. The molecule has 0 radical (unpaired) electrons. The lowest BCUT2D eigenvalue weighted by molar-refractivity contribution is -0.286. The Morgan fingerprint density at radius 3 is 2.38 bits per heavy atom. The third-order valence-corrected chi connectivity index (χ3v) is 3.73. The van der Waals surface area contributed by atoms with Crippen LogP contribution in [0.25, 0.3) is 0 Å². The Labute approximate surface area is 94.5 Å². The van der Waals surface area contributed by atoms with E-state index >= 15 is 0 Å². The molecule has 1 aliphatic rings. The van der Waals surface area contributed by atoms with Crippen molar-refractivity contribution in [2.24, 2.45) is 0 Å². The lowest BCUT2D eigenvalue weighted by atomic mass is 10.3. The van der Waals surface area contributed by atoms with E-state index in [2.05, 4.69) is 25.4 Å². The molecule has 0 atom stereocenters. The van der Waals surface area contributed by atoms with Gasteiger partial charge in [0.15, 0.2) is 11.5 Å². The van der Waals surface area contributed by atoms with Crippen LogP contribution in [0.15, 0.2) is 16.6 Å². The van der Waals surface area contributed by atoms with Crippen molar-refractivity contribution >= 4 is 38.5 Å². The Morgan fingerprint density at radius 2 is 1.77 bits per heavy atom. The summed E-state index contributed by atoms with van der Waals surface area (Å²) < 4.78 is 35.1. The van der Waals surface area contributed by atoms with Gasteiger partial charge in [0.25, 0.3) is 0 Å². The summed E-state index contributed by atoms with van der Waals surface area (Å²) in [6, 6.07) is 2.94. The monoisotopic (exact) mass is 362 g/mol. The molecule has 1 aliphatic heterocycles. The number of ether oxygens (including phenoxy) is 2. The minimum absolute atomic E-state index is 0.0530.